The van der Waals surface area contributed by atoms with E-state index in [4.69, 9.17) is 16.6 Å². The van der Waals surface area contributed by atoms with Gasteiger partial charge < -0.3 is 4.57 Å². The quantitative estimate of drug-likeness (QED) is 0.600. The number of aldehydes is 1. The molecule has 0 saturated heterocycles. The molecule has 0 N–H and O–H groups in total. The van der Waals surface area contributed by atoms with Gasteiger partial charge in [-0.05, 0) is 68.6 Å². The maximum Gasteiger partial charge on any atom is 0.150 e. The number of carbonyl (C=O) groups excluding carboxylic acids is 1. The van der Waals surface area contributed by atoms with Crippen molar-refractivity contribution in [1.29, 1.82) is 0 Å². The average Bonchev–Trinajstić information content (AvgIpc) is 3.34. The Kier molecular flexibility index (Phi) is 3.88. The Morgan fingerprint density at radius 2 is 2.04 bits per heavy atom. The largest absolute Gasteiger partial charge is 0.319 e. The molecule has 0 radical (unpaired) electrons. The van der Waals surface area contributed by atoms with Crippen molar-refractivity contribution in [3.63, 3.8) is 0 Å². The smallest absolute Gasteiger partial charge is 0.150 e. The molecule has 4 nitrogen and oxygen atoms in total. The van der Waals surface area contributed by atoms with Crippen LogP contribution in [0.15, 0.2) is 36.4 Å². The van der Waals surface area contributed by atoms with Gasteiger partial charge in [0.15, 0.2) is 0 Å². The van der Waals surface area contributed by atoms with E-state index in [1.54, 1.807) is 0 Å². The van der Waals surface area contributed by atoms with Crippen molar-refractivity contribution in [3.8, 4) is 0 Å². The monoisotopic (exact) mass is 379 g/mol. The molecule has 2 aliphatic rings. The molecule has 0 spiro atoms. The Balaban J connectivity index is 1.78. The Morgan fingerprint density at radius 1 is 1.22 bits per heavy atom. The van der Waals surface area contributed by atoms with Crippen LogP contribution in [0.1, 0.15) is 64.6 Å². The van der Waals surface area contributed by atoms with Crippen LogP contribution in [0.5, 0.6) is 0 Å². The Bertz CT molecular complexity index is 1050. The average molecular weight is 380 g/mol. The van der Waals surface area contributed by atoms with E-state index in [2.05, 4.69) is 29.6 Å². The van der Waals surface area contributed by atoms with Gasteiger partial charge in [-0.25, -0.2) is 4.98 Å². The minimum atomic E-state index is 0.105. The van der Waals surface area contributed by atoms with Crippen LogP contribution in [0.2, 0.25) is 5.02 Å². The number of nitrogens with zero attached hydrogens (tertiary/aromatic N) is 3. The molecule has 0 bridgehead atoms. The number of benzene rings is 2. The first-order valence-electron chi connectivity index (χ1n) is 9.50. The van der Waals surface area contributed by atoms with Gasteiger partial charge in [-0.15, -0.1) is 0 Å². The van der Waals surface area contributed by atoms with Gasteiger partial charge in [0.1, 0.15) is 12.1 Å². The van der Waals surface area contributed by atoms with Gasteiger partial charge in [0.25, 0.3) is 0 Å². The summed E-state index contributed by atoms with van der Waals surface area (Å²) in [4.78, 5) is 19.1. The highest BCUT2D eigenvalue weighted by atomic mass is 35.5. The Hall–Kier alpha value is -2.17. The first-order chi connectivity index (χ1) is 13.1. The summed E-state index contributed by atoms with van der Waals surface area (Å²) in [5, 5.41) is 0.711. The van der Waals surface area contributed by atoms with Gasteiger partial charge in [-0.3, -0.25) is 9.69 Å². The number of imidazole rings is 1. The van der Waals surface area contributed by atoms with Gasteiger partial charge in [0.05, 0.1) is 23.1 Å². The SMILES string of the molecule is CN(C)C1CC(c2c(C=O)cccc2C2CC2)n2c1nc1ccc(Cl)cc12. The second kappa shape index (κ2) is 6.18. The molecule has 2 unspecified atom stereocenters. The van der Waals surface area contributed by atoms with Crippen LogP contribution in [0, 0.1) is 0 Å². The summed E-state index contributed by atoms with van der Waals surface area (Å²) in [5.41, 5.74) is 5.33. The summed E-state index contributed by atoms with van der Waals surface area (Å²) >= 11 is 6.31. The minimum absolute atomic E-state index is 0.105. The highest BCUT2D eigenvalue weighted by molar-refractivity contribution is 6.31. The zero-order chi connectivity index (χ0) is 18.7. The highest BCUT2D eigenvalue weighted by Crippen LogP contribution is 2.49. The van der Waals surface area contributed by atoms with E-state index >= 15 is 0 Å². The maximum atomic E-state index is 11.9. The van der Waals surface area contributed by atoms with Crippen molar-refractivity contribution in [1.82, 2.24) is 14.5 Å². The molecule has 2 heterocycles. The number of hydrogen-bond acceptors (Lipinski definition) is 3. The van der Waals surface area contributed by atoms with Crippen LogP contribution in [-0.4, -0.2) is 34.8 Å². The fourth-order valence-electron chi connectivity index (χ4n) is 4.60. The molecule has 2 atom stereocenters. The summed E-state index contributed by atoms with van der Waals surface area (Å²) in [5.74, 6) is 1.64. The fraction of sp³-hybridized carbons (Fsp3) is 0.364. The molecule has 1 aromatic heterocycles. The van der Waals surface area contributed by atoms with E-state index in [1.807, 2.05) is 30.3 Å². The first-order valence-corrected chi connectivity index (χ1v) is 9.88. The number of halogens is 1. The second-order valence-electron chi connectivity index (χ2n) is 7.95. The molecule has 1 aliphatic heterocycles. The van der Waals surface area contributed by atoms with E-state index in [1.165, 1.54) is 24.0 Å². The van der Waals surface area contributed by atoms with Gasteiger partial charge in [0.2, 0.25) is 0 Å². The molecular formula is C22H22ClN3O. The molecule has 2 aromatic carbocycles. The third-order valence-corrected chi connectivity index (χ3v) is 6.24. The lowest BCUT2D eigenvalue weighted by Gasteiger charge is -2.22. The Labute approximate surface area is 163 Å². The molecule has 138 valence electrons. The minimum Gasteiger partial charge on any atom is -0.319 e. The van der Waals surface area contributed by atoms with Gasteiger partial charge in [-0.2, -0.15) is 0 Å². The van der Waals surface area contributed by atoms with Crippen molar-refractivity contribution in [2.75, 3.05) is 14.1 Å². The van der Waals surface area contributed by atoms with Gasteiger partial charge in [0, 0.05) is 10.6 Å². The predicted molar refractivity (Wildman–Crippen MR) is 108 cm³/mol. The van der Waals surface area contributed by atoms with Gasteiger partial charge >= 0.3 is 0 Å². The van der Waals surface area contributed by atoms with Crippen LogP contribution in [0.3, 0.4) is 0 Å². The number of rotatable bonds is 4. The van der Waals surface area contributed by atoms with Crippen LogP contribution in [0.4, 0.5) is 0 Å². The lowest BCUT2D eigenvalue weighted by molar-refractivity contribution is 0.112. The third kappa shape index (κ3) is 2.62. The van der Waals surface area contributed by atoms with Crippen molar-refractivity contribution in [2.45, 2.75) is 37.3 Å². The number of fused-ring (bicyclic) bond motifs is 3. The van der Waals surface area contributed by atoms with Crippen LogP contribution >= 0.6 is 11.6 Å². The van der Waals surface area contributed by atoms with Crippen molar-refractivity contribution >= 4 is 28.9 Å². The van der Waals surface area contributed by atoms with E-state index in [0.29, 0.717) is 10.9 Å². The second-order valence-corrected chi connectivity index (χ2v) is 8.38. The zero-order valence-corrected chi connectivity index (χ0v) is 16.3. The molecule has 5 rings (SSSR count). The molecule has 5 heteroatoms. The lowest BCUT2D eigenvalue weighted by Crippen LogP contribution is -2.18. The lowest BCUT2D eigenvalue weighted by atomic mass is 9.90. The summed E-state index contributed by atoms with van der Waals surface area (Å²) in [6.45, 7) is 0. The maximum absolute atomic E-state index is 11.9. The van der Waals surface area contributed by atoms with Crippen molar-refractivity contribution in [3.05, 3.63) is 63.9 Å². The molecule has 0 amide bonds. The van der Waals surface area contributed by atoms with Crippen LogP contribution in [0.25, 0.3) is 11.0 Å². The highest BCUT2D eigenvalue weighted by Gasteiger charge is 2.39. The molecule has 1 saturated carbocycles. The van der Waals surface area contributed by atoms with E-state index in [-0.39, 0.29) is 12.1 Å². The zero-order valence-electron chi connectivity index (χ0n) is 15.5. The summed E-state index contributed by atoms with van der Waals surface area (Å²) < 4.78 is 2.32. The van der Waals surface area contributed by atoms with E-state index in [0.717, 1.165) is 35.1 Å². The number of carbonyl (C=O) groups is 1. The molecule has 1 fully saturated rings. The fourth-order valence-corrected chi connectivity index (χ4v) is 4.76. The van der Waals surface area contributed by atoms with Crippen molar-refractivity contribution < 1.29 is 4.79 Å². The first kappa shape index (κ1) is 17.0. The summed E-state index contributed by atoms with van der Waals surface area (Å²) in [6, 6.07) is 12.4. The molecule has 3 aromatic rings. The molecule has 1 aliphatic carbocycles. The summed E-state index contributed by atoms with van der Waals surface area (Å²) in [6.07, 6.45) is 4.35. The standard InChI is InChI=1S/C22H22ClN3O/c1-25(2)20-11-19(21-14(12-27)4-3-5-16(21)13-6-7-13)26-18-10-15(23)8-9-17(18)24-22(20)26/h3-5,8-10,12-13,19-20H,6-7,11H2,1-2H3. The molecular weight excluding hydrogens is 358 g/mol. The van der Waals surface area contributed by atoms with E-state index in [9.17, 15) is 4.79 Å². The topological polar surface area (TPSA) is 38.1 Å². The summed E-state index contributed by atoms with van der Waals surface area (Å²) in [7, 11) is 4.19. The van der Waals surface area contributed by atoms with Crippen LogP contribution < -0.4 is 0 Å². The number of aromatic nitrogens is 2. The van der Waals surface area contributed by atoms with E-state index < -0.39 is 0 Å². The molecule has 27 heavy (non-hydrogen) atoms. The Morgan fingerprint density at radius 3 is 2.74 bits per heavy atom. The normalized spacial score (nSPS) is 21.8. The van der Waals surface area contributed by atoms with Gasteiger partial charge in [-0.1, -0.05) is 29.8 Å². The third-order valence-electron chi connectivity index (χ3n) is 6.01. The predicted octanol–water partition coefficient (Wildman–Crippen LogP) is 4.98. The number of hydrogen-bond donors (Lipinski definition) is 0. The van der Waals surface area contributed by atoms with Crippen LogP contribution in [-0.2, 0) is 0 Å². The van der Waals surface area contributed by atoms with Crippen molar-refractivity contribution in [2.24, 2.45) is 0 Å².